The summed E-state index contributed by atoms with van der Waals surface area (Å²) < 4.78 is 13.1. The third-order valence-electron chi connectivity index (χ3n) is 6.32. The van der Waals surface area contributed by atoms with E-state index in [0.717, 1.165) is 80.1 Å². The summed E-state index contributed by atoms with van der Waals surface area (Å²) in [6.45, 7) is 11.9. The predicted octanol–water partition coefficient (Wildman–Crippen LogP) is 3.98. The molecule has 1 aliphatic rings. The first-order valence-corrected chi connectivity index (χ1v) is 12.4. The summed E-state index contributed by atoms with van der Waals surface area (Å²) in [5.74, 6) is 1.74. The van der Waals surface area contributed by atoms with E-state index in [9.17, 15) is 0 Å². The zero-order valence-electron chi connectivity index (χ0n) is 21.1. The fourth-order valence-corrected chi connectivity index (χ4v) is 4.36. The number of benzene rings is 1. The van der Waals surface area contributed by atoms with Gasteiger partial charge in [0.05, 0.1) is 13.7 Å². The van der Waals surface area contributed by atoms with Crippen molar-refractivity contribution in [1.29, 1.82) is 0 Å². The molecule has 9 heteroatoms. The van der Waals surface area contributed by atoms with Crippen LogP contribution in [0.5, 0.6) is 5.75 Å². The monoisotopic (exact) mass is 479 g/mol. The summed E-state index contributed by atoms with van der Waals surface area (Å²) in [7, 11) is 1.70. The second-order valence-electron chi connectivity index (χ2n) is 9.11. The molecule has 2 aromatic heterocycles. The van der Waals surface area contributed by atoms with Crippen LogP contribution in [-0.4, -0.2) is 52.7 Å². The second-order valence-corrected chi connectivity index (χ2v) is 9.11. The van der Waals surface area contributed by atoms with Crippen LogP contribution in [0.4, 0.5) is 11.8 Å². The third-order valence-corrected chi connectivity index (χ3v) is 6.32. The number of anilines is 2. The van der Waals surface area contributed by atoms with Gasteiger partial charge < -0.3 is 25.8 Å². The maximum atomic E-state index is 6.04. The normalized spacial score (nSPS) is 14.4. The Morgan fingerprint density at radius 3 is 2.80 bits per heavy atom. The van der Waals surface area contributed by atoms with Crippen molar-refractivity contribution in [3.63, 3.8) is 0 Å². The van der Waals surface area contributed by atoms with Gasteiger partial charge in [-0.2, -0.15) is 10.1 Å². The molecule has 1 aromatic carbocycles. The van der Waals surface area contributed by atoms with E-state index < -0.39 is 0 Å². The minimum atomic E-state index is 0.220. The first-order chi connectivity index (χ1) is 17.0. The van der Waals surface area contributed by atoms with Crippen LogP contribution in [0, 0.1) is 0 Å². The number of nitrogens with two attached hydrogens (primary N) is 1. The first-order valence-electron chi connectivity index (χ1n) is 12.4. The van der Waals surface area contributed by atoms with Gasteiger partial charge >= 0.3 is 0 Å². The fraction of sp³-hybridized carbons (Fsp3) is 0.500. The van der Waals surface area contributed by atoms with Crippen LogP contribution in [-0.2, 0) is 17.8 Å². The van der Waals surface area contributed by atoms with Crippen LogP contribution in [0.1, 0.15) is 56.4 Å². The van der Waals surface area contributed by atoms with Gasteiger partial charge in [-0.25, -0.2) is 4.98 Å². The van der Waals surface area contributed by atoms with Gasteiger partial charge in [-0.15, -0.1) is 0 Å². The smallest absolute Gasteiger partial charge is 0.222 e. The zero-order chi connectivity index (χ0) is 24.8. The Balaban J connectivity index is 1.63. The lowest BCUT2D eigenvalue weighted by molar-refractivity contribution is 0.0776. The number of nitrogens with zero attached hydrogens (tertiary/aromatic N) is 4. The Morgan fingerprint density at radius 1 is 1.29 bits per heavy atom. The molecule has 1 fully saturated rings. The number of aromatic nitrogens is 4. The maximum Gasteiger partial charge on any atom is 0.222 e. The predicted molar refractivity (Wildman–Crippen MR) is 141 cm³/mol. The lowest BCUT2D eigenvalue weighted by Crippen LogP contribution is -2.34. The Hall–Kier alpha value is -3.17. The Morgan fingerprint density at radius 2 is 2.09 bits per heavy atom. The van der Waals surface area contributed by atoms with Crippen LogP contribution >= 0.6 is 0 Å². The van der Waals surface area contributed by atoms with Gasteiger partial charge in [0.1, 0.15) is 22.5 Å². The number of hydrogen-bond donors (Lipinski definition) is 3. The number of nitrogens with one attached hydrogen (secondary N) is 2. The molecule has 4 rings (SSSR count). The van der Waals surface area contributed by atoms with Gasteiger partial charge in [-0.1, -0.05) is 32.1 Å². The molecule has 4 N–H and O–H groups in total. The molecule has 0 saturated carbocycles. The molecule has 0 amide bonds. The Bertz CT molecular complexity index is 1170. The van der Waals surface area contributed by atoms with Crippen molar-refractivity contribution >= 4 is 28.4 Å². The molecule has 0 unspecified atom stereocenters. The van der Waals surface area contributed by atoms with Gasteiger partial charge in [0, 0.05) is 37.9 Å². The van der Waals surface area contributed by atoms with E-state index >= 15 is 0 Å². The molecular formula is C26H37N7O2. The topological polar surface area (TPSA) is 112 Å². The molecule has 0 aliphatic carbocycles. The van der Waals surface area contributed by atoms with E-state index in [1.807, 2.05) is 11.6 Å². The fourth-order valence-electron chi connectivity index (χ4n) is 4.36. The van der Waals surface area contributed by atoms with E-state index in [4.69, 9.17) is 20.3 Å². The van der Waals surface area contributed by atoms with Gasteiger partial charge in [-0.3, -0.25) is 4.68 Å². The molecule has 3 heterocycles. The van der Waals surface area contributed by atoms with E-state index in [2.05, 4.69) is 52.3 Å². The molecular weight excluding hydrogens is 442 g/mol. The largest absolute Gasteiger partial charge is 0.496 e. The van der Waals surface area contributed by atoms with Gasteiger partial charge in [0.15, 0.2) is 5.82 Å². The van der Waals surface area contributed by atoms with E-state index in [1.165, 1.54) is 5.56 Å². The highest BCUT2D eigenvalue weighted by Gasteiger charge is 2.20. The molecule has 188 valence electrons. The number of nitrogen functional groups attached to an aromatic ring is 1. The lowest BCUT2D eigenvalue weighted by Gasteiger charge is -2.23. The number of fused-ring (bicyclic) bond motifs is 1. The summed E-state index contributed by atoms with van der Waals surface area (Å²) in [5, 5.41) is 11.9. The van der Waals surface area contributed by atoms with Crippen LogP contribution in [0.25, 0.3) is 16.6 Å². The quantitative estimate of drug-likeness (QED) is 0.354. The lowest BCUT2D eigenvalue weighted by atomic mass is 10.1. The summed E-state index contributed by atoms with van der Waals surface area (Å²) in [6, 6.07) is 6.85. The van der Waals surface area contributed by atoms with Crippen molar-refractivity contribution < 1.29 is 9.47 Å². The minimum Gasteiger partial charge on any atom is -0.496 e. The molecule has 35 heavy (non-hydrogen) atoms. The molecule has 0 bridgehead atoms. The third kappa shape index (κ3) is 5.91. The molecule has 3 aromatic rings. The zero-order valence-corrected chi connectivity index (χ0v) is 21.1. The summed E-state index contributed by atoms with van der Waals surface area (Å²) in [6.07, 6.45) is 4.21. The van der Waals surface area contributed by atoms with Gasteiger partial charge in [0.2, 0.25) is 5.95 Å². The van der Waals surface area contributed by atoms with Crippen molar-refractivity contribution in [3.8, 4) is 5.75 Å². The van der Waals surface area contributed by atoms with Crippen molar-refractivity contribution in [2.45, 2.75) is 58.7 Å². The van der Waals surface area contributed by atoms with E-state index in [0.29, 0.717) is 23.9 Å². The number of ether oxygens (including phenoxy) is 2. The molecule has 0 atom stereocenters. The average Bonchev–Trinajstić information content (AvgIpc) is 3.22. The maximum absolute atomic E-state index is 6.04. The number of allylic oxidation sites excluding steroid dienone is 1. The van der Waals surface area contributed by atoms with Crippen molar-refractivity contribution in [1.82, 2.24) is 25.1 Å². The molecule has 9 nitrogen and oxygen atoms in total. The van der Waals surface area contributed by atoms with Crippen LogP contribution < -0.4 is 21.1 Å². The SMILES string of the molecule is C=C(C)c1nn(Cc2ccc(CNC3CCOCC3)cc2OC)c2c(NCCCC)nc(N)nc12. The van der Waals surface area contributed by atoms with Gasteiger partial charge in [0.25, 0.3) is 0 Å². The van der Waals surface area contributed by atoms with Crippen LogP contribution in [0.15, 0.2) is 24.8 Å². The van der Waals surface area contributed by atoms with Crippen LogP contribution in [0.2, 0.25) is 0 Å². The van der Waals surface area contributed by atoms with E-state index in [-0.39, 0.29) is 5.95 Å². The highest BCUT2D eigenvalue weighted by molar-refractivity contribution is 5.94. The molecule has 1 aliphatic heterocycles. The highest BCUT2D eigenvalue weighted by atomic mass is 16.5. The average molecular weight is 480 g/mol. The summed E-state index contributed by atoms with van der Waals surface area (Å²) in [4.78, 5) is 9.00. The van der Waals surface area contributed by atoms with Crippen molar-refractivity contribution in [2.24, 2.45) is 0 Å². The minimum absolute atomic E-state index is 0.220. The second kappa shape index (κ2) is 11.5. The molecule has 1 saturated heterocycles. The van der Waals surface area contributed by atoms with Gasteiger partial charge in [-0.05, 0) is 43.4 Å². The van der Waals surface area contributed by atoms with Crippen molar-refractivity contribution in [2.75, 3.05) is 37.9 Å². The standard InChI is InChI=1S/C26H37N7O2/c1-5-6-11-28-25-24-23(30-26(27)31-25)22(17(2)3)32-33(24)16-19-8-7-18(14-21(19)34-4)15-29-20-9-12-35-13-10-20/h7-8,14,20,29H,2,5-6,9-13,15-16H2,1,3-4H3,(H3,27,28,30,31). The Labute approximate surface area is 207 Å². The van der Waals surface area contributed by atoms with Crippen LogP contribution in [0.3, 0.4) is 0 Å². The number of rotatable bonds is 11. The van der Waals surface area contributed by atoms with Crippen molar-refractivity contribution in [3.05, 3.63) is 41.6 Å². The first kappa shape index (κ1) is 24.9. The van der Waals surface area contributed by atoms with E-state index in [1.54, 1.807) is 7.11 Å². The summed E-state index contributed by atoms with van der Waals surface area (Å²) >= 11 is 0. The number of unbranched alkanes of at least 4 members (excludes halogenated alkanes) is 1. The molecule has 0 spiro atoms. The molecule has 0 radical (unpaired) electrons. The number of hydrogen-bond acceptors (Lipinski definition) is 8. The summed E-state index contributed by atoms with van der Waals surface area (Å²) in [5.41, 5.74) is 11.3. The number of methoxy groups -OCH3 is 1. The highest BCUT2D eigenvalue weighted by Crippen LogP contribution is 2.30. The Kier molecular flexibility index (Phi) is 8.20.